The standard InChI is InChI=1S/C23H19FN4O3S/c1-16(31-21-10-6-5-9-20(21)24)22-25-26-23(27(22)18-7-3-2-4-8-18)32-15-17-11-13-19(14-12-17)28(29)30/h2-14,16H,15H2,1H3. The van der Waals surface area contributed by atoms with E-state index in [2.05, 4.69) is 10.2 Å². The minimum atomic E-state index is -0.562. The van der Waals surface area contributed by atoms with Crippen molar-refractivity contribution in [2.75, 3.05) is 0 Å². The predicted octanol–water partition coefficient (Wildman–Crippen LogP) is 5.75. The summed E-state index contributed by atoms with van der Waals surface area (Å²) in [6, 6.07) is 22.2. The van der Waals surface area contributed by atoms with Gasteiger partial charge < -0.3 is 4.74 Å². The Morgan fingerprint density at radius 3 is 2.41 bits per heavy atom. The first kappa shape index (κ1) is 21.5. The fourth-order valence-electron chi connectivity index (χ4n) is 3.10. The van der Waals surface area contributed by atoms with Crippen LogP contribution in [0.4, 0.5) is 10.1 Å². The van der Waals surface area contributed by atoms with Crippen LogP contribution in [0.3, 0.4) is 0 Å². The van der Waals surface area contributed by atoms with E-state index in [-0.39, 0.29) is 11.4 Å². The summed E-state index contributed by atoms with van der Waals surface area (Å²) in [5.74, 6) is 0.775. The number of nitrogens with zero attached hydrogens (tertiary/aromatic N) is 4. The molecule has 162 valence electrons. The van der Waals surface area contributed by atoms with Gasteiger partial charge in [0.15, 0.2) is 28.7 Å². The van der Waals surface area contributed by atoms with Crippen molar-refractivity contribution in [2.24, 2.45) is 0 Å². The highest BCUT2D eigenvalue weighted by Crippen LogP contribution is 2.30. The lowest BCUT2D eigenvalue weighted by molar-refractivity contribution is -0.384. The minimum absolute atomic E-state index is 0.0487. The molecule has 0 spiro atoms. The summed E-state index contributed by atoms with van der Waals surface area (Å²) in [5.41, 5.74) is 1.82. The summed E-state index contributed by atoms with van der Waals surface area (Å²) < 4.78 is 21.8. The summed E-state index contributed by atoms with van der Waals surface area (Å²) in [4.78, 5) is 10.4. The monoisotopic (exact) mass is 450 g/mol. The Balaban J connectivity index is 1.61. The van der Waals surface area contributed by atoms with E-state index in [1.54, 1.807) is 37.3 Å². The molecule has 0 saturated heterocycles. The van der Waals surface area contributed by atoms with Gasteiger partial charge in [0, 0.05) is 23.6 Å². The molecule has 1 aromatic heterocycles. The molecule has 3 aromatic carbocycles. The highest BCUT2D eigenvalue weighted by atomic mass is 32.2. The average molecular weight is 450 g/mol. The van der Waals surface area contributed by atoms with Crippen LogP contribution in [0.2, 0.25) is 0 Å². The Morgan fingerprint density at radius 1 is 1.03 bits per heavy atom. The van der Waals surface area contributed by atoms with Crippen molar-refractivity contribution in [3.63, 3.8) is 0 Å². The molecule has 0 N–H and O–H groups in total. The molecule has 32 heavy (non-hydrogen) atoms. The molecule has 0 amide bonds. The average Bonchev–Trinajstić information content (AvgIpc) is 3.24. The predicted molar refractivity (Wildman–Crippen MR) is 119 cm³/mol. The number of rotatable bonds is 8. The normalized spacial score (nSPS) is 11.8. The zero-order valence-electron chi connectivity index (χ0n) is 17.1. The second-order valence-electron chi connectivity index (χ2n) is 6.91. The molecule has 0 aliphatic carbocycles. The van der Waals surface area contributed by atoms with Crippen molar-refractivity contribution in [1.29, 1.82) is 0 Å². The first-order valence-electron chi connectivity index (χ1n) is 9.81. The highest BCUT2D eigenvalue weighted by Gasteiger charge is 2.22. The van der Waals surface area contributed by atoms with Gasteiger partial charge in [-0.05, 0) is 36.8 Å². The smallest absolute Gasteiger partial charge is 0.269 e. The van der Waals surface area contributed by atoms with E-state index >= 15 is 0 Å². The number of non-ortho nitro benzene ring substituents is 1. The zero-order chi connectivity index (χ0) is 22.5. The number of thioether (sulfide) groups is 1. The Kier molecular flexibility index (Phi) is 6.46. The number of ether oxygens (including phenoxy) is 1. The molecule has 0 bridgehead atoms. The summed E-state index contributed by atoms with van der Waals surface area (Å²) >= 11 is 1.45. The topological polar surface area (TPSA) is 83.1 Å². The summed E-state index contributed by atoms with van der Waals surface area (Å²) in [7, 11) is 0. The zero-order valence-corrected chi connectivity index (χ0v) is 17.9. The minimum Gasteiger partial charge on any atom is -0.480 e. The van der Waals surface area contributed by atoms with Gasteiger partial charge in [-0.1, -0.05) is 54.2 Å². The second kappa shape index (κ2) is 9.61. The van der Waals surface area contributed by atoms with Gasteiger partial charge in [0.05, 0.1) is 4.92 Å². The maximum Gasteiger partial charge on any atom is 0.269 e. The van der Waals surface area contributed by atoms with Crippen molar-refractivity contribution in [3.8, 4) is 11.4 Å². The summed E-state index contributed by atoms with van der Waals surface area (Å²) in [6.07, 6.45) is -0.562. The highest BCUT2D eigenvalue weighted by molar-refractivity contribution is 7.98. The number of hydrogen-bond donors (Lipinski definition) is 0. The van der Waals surface area contributed by atoms with E-state index < -0.39 is 16.8 Å². The molecular weight excluding hydrogens is 431 g/mol. The van der Waals surface area contributed by atoms with E-state index in [1.165, 1.54) is 30.0 Å². The number of halogens is 1. The van der Waals surface area contributed by atoms with Gasteiger partial charge in [0.25, 0.3) is 5.69 Å². The van der Waals surface area contributed by atoms with E-state index in [0.29, 0.717) is 16.7 Å². The van der Waals surface area contributed by atoms with E-state index in [0.717, 1.165) is 11.3 Å². The molecule has 0 radical (unpaired) electrons. The van der Waals surface area contributed by atoms with Crippen LogP contribution in [0, 0.1) is 15.9 Å². The van der Waals surface area contributed by atoms with Crippen LogP contribution in [0.25, 0.3) is 5.69 Å². The summed E-state index contributed by atoms with van der Waals surface area (Å²) in [6.45, 7) is 1.79. The molecular formula is C23H19FN4O3S. The van der Waals surface area contributed by atoms with Gasteiger partial charge in [-0.15, -0.1) is 10.2 Å². The molecule has 0 aliphatic rings. The molecule has 1 atom stereocenters. The largest absolute Gasteiger partial charge is 0.480 e. The van der Waals surface area contributed by atoms with Gasteiger partial charge in [-0.3, -0.25) is 14.7 Å². The first-order chi connectivity index (χ1) is 15.5. The van der Waals surface area contributed by atoms with E-state index in [1.807, 2.05) is 34.9 Å². The Bertz CT molecular complexity index is 1220. The van der Waals surface area contributed by atoms with Crippen molar-refractivity contribution in [2.45, 2.75) is 23.9 Å². The first-order valence-corrected chi connectivity index (χ1v) is 10.8. The SMILES string of the molecule is CC(Oc1ccccc1F)c1nnc(SCc2ccc([N+](=O)[O-])cc2)n1-c1ccccc1. The Labute approximate surface area is 188 Å². The van der Waals surface area contributed by atoms with Crippen LogP contribution in [-0.2, 0) is 5.75 Å². The Morgan fingerprint density at radius 2 is 1.72 bits per heavy atom. The molecule has 4 aromatic rings. The molecule has 1 heterocycles. The third kappa shape index (κ3) is 4.78. The molecule has 0 aliphatic heterocycles. The number of aromatic nitrogens is 3. The second-order valence-corrected chi connectivity index (χ2v) is 7.86. The number of para-hydroxylation sites is 2. The van der Waals surface area contributed by atoms with Gasteiger partial charge in [0.1, 0.15) is 0 Å². The van der Waals surface area contributed by atoms with Gasteiger partial charge >= 0.3 is 0 Å². The van der Waals surface area contributed by atoms with Crippen LogP contribution in [0.1, 0.15) is 24.4 Å². The van der Waals surface area contributed by atoms with E-state index in [4.69, 9.17) is 4.74 Å². The number of benzene rings is 3. The maximum absolute atomic E-state index is 14.1. The quantitative estimate of drug-likeness (QED) is 0.193. The lowest BCUT2D eigenvalue weighted by Gasteiger charge is -2.17. The van der Waals surface area contributed by atoms with Crippen molar-refractivity contribution in [3.05, 3.63) is 106 Å². The third-order valence-corrected chi connectivity index (χ3v) is 5.69. The lowest BCUT2D eigenvalue weighted by atomic mass is 10.2. The molecule has 9 heteroatoms. The molecule has 1 unspecified atom stereocenters. The molecule has 0 fully saturated rings. The molecule has 7 nitrogen and oxygen atoms in total. The van der Waals surface area contributed by atoms with Crippen LogP contribution < -0.4 is 4.74 Å². The van der Waals surface area contributed by atoms with Crippen LogP contribution in [0.5, 0.6) is 5.75 Å². The van der Waals surface area contributed by atoms with Crippen LogP contribution in [-0.4, -0.2) is 19.7 Å². The van der Waals surface area contributed by atoms with Crippen LogP contribution in [0.15, 0.2) is 84.0 Å². The number of nitro benzene ring substituents is 1. The van der Waals surface area contributed by atoms with Crippen molar-refractivity contribution < 1.29 is 14.1 Å². The summed E-state index contributed by atoms with van der Waals surface area (Å²) in [5, 5.41) is 20.1. The van der Waals surface area contributed by atoms with Gasteiger partial charge in [-0.25, -0.2) is 4.39 Å². The number of nitro groups is 1. The van der Waals surface area contributed by atoms with Crippen LogP contribution >= 0.6 is 11.8 Å². The molecule has 4 rings (SSSR count). The Hall–Kier alpha value is -3.72. The van der Waals surface area contributed by atoms with E-state index in [9.17, 15) is 14.5 Å². The van der Waals surface area contributed by atoms with Crippen molar-refractivity contribution >= 4 is 17.4 Å². The fraction of sp³-hybridized carbons (Fsp3) is 0.130. The lowest BCUT2D eigenvalue weighted by Crippen LogP contribution is -2.12. The van der Waals surface area contributed by atoms with Gasteiger partial charge in [0.2, 0.25) is 0 Å². The van der Waals surface area contributed by atoms with Gasteiger partial charge in [-0.2, -0.15) is 0 Å². The molecule has 0 saturated carbocycles. The maximum atomic E-state index is 14.1. The van der Waals surface area contributed by atoms with Crippen molar-refractivity contribution in [1.82, 2.24) is 14.8 Å². The fourth-order valence-corrected chi connectivity index (χ4v) is 4.02. The number of hydrogen-bond acceptors (Lipinski definition) is 6. The third-order valence-electron chi connectivity index (χ3n) is 4.69.